The van der Waals surface area contributed by atoms with E-state index < -0.39 is 0 Å². The van der Waals surface area contributed by atoms with E-state index in [9.17, 15) is 4.79 Å². The molecule has 0 saturated heterocycles. The first kappa shape index (κ1) is 15.0. The monoisotopic (exact) mass is 269 g/mol. The van der Waals surface area contributed by atoms with Crippen molar-refractivity contribution in [2.75, 3.05) is 26.8 Å². The summed E-state index contributed by atoms with van der Waals surface area (Å²) in [5.74, 6) is 0.375. The van der Waals surface area contributed by atoms with Crippen LogP contribution in [0.25, 0.3) is 0 Å². The number of ether oxygens (including phenoxy) is 1. The standard InChI is InChI=1S/C14H20ClNO2/c1-11(2)10-16(8-9-18-3)14(17)12-6-4-5-7-13(12)15/h4-7,11H,8-10H2,1-3H3. The van der Waals surface area contributed by atoms with Gasteiger partial charge in [-0.25, -0.2) is 0 Å². The van der Waals surface area contributed by atoms with Gasteiger partial charge in [-0.05, 0) is 18.1 Å². The highest BCUT2D eigenvalue weighted by Gasteiger charge is 2.18. The number of nitrogens with zero attached hydrogens (tertiary/aromatic N) is 1. The molecule has 1 amide bonds. The van der Waals surface area contributed by atoms with Crippen LogP contribution in [0.2, 0.25) is 5.02 Å². The lowest BCUT2D eigenvalue weighted by molar-refractivity contribution is 0.0672. The van der Waals surface area contributed by atoms with Gasteiger partial charge in [0.05, 0.1) is 17.2 Å². The van der Waals surface area contributed by atoms with Crippen LogP contribution in [0.15, 0.2) is 24.3 Å². The predicted octanol–water partition coefficient (Wildman–Crippen LogP) is 3.08. The number of hydrogen-bond donors (Lipinski definition) is 0. The lowest BCUT2D eigenvalue weighted by Gasteiger charge is -2.24. The zero-order valence-electron chi connectivity index (χ0n) is 11.1. The molecule has 0 unspecified atom stereocenters. The Balaban J connectivity index is 2.84. The van der Waals surface area contributed by atoms with E-state index in [1.807, 2.05) is 12.1 Å². The fraction of sp³-hybridized carbons (Fsp3) is 0.500. The van der Waals surface area contributed by atoms with Crippen LogP contribution in [-0.2, 0) is 4.74 Å². The molecule has 0 fully saturated rings. The van der Waals surface area contributed by atoms with Crippen molar-refractivity contribution in [3.05, 3.63) is 34.9 Å². The Bertz CT molecular complexity index is 393. The molecule has 1 aromatic rings. The topological polar surface area (TPSA) is 29.5 Å². The molecule has 0 spiro atoms. The van der Waals surface area contributed by atoms with Crippen molar-refractivity contribution in [2.24, 2.45) is 5.92 Å². The van der Waals surface area contributed by atoms with Crippen LogP contribution in [0, 0.1) is 5.92 Å². The fourth-order valence-electron chi connectivity index (χ4n) is 1.72. The predicted molar refractivity (Wildman–Crippen MR) is 74.1 cm³/mol. The highest BCUT2D eigenvalue weighted by atomic mass is 35.5. The average Bonchev–Trinajstić information content (AvgIpc) is 2.34. The van der Waals surface area contributed by atoms with Crippen LogP contribution >= 0.6 is 11.6 Å². The number of carbonyl (C=O) groups excluding carboxylic acids is 1. The molecule has 0 saturated carbocycles. The number of carbonyl (C=O) groups is 1. The van der Waals surface area contributed by atoms with Gasteiger partial charge in [-0.3, -0.25) is 4.79 Å². The van der Waals surface area contributed by atoms with Gasteiger partial charge in [0, 0.05) is 20.2 Å². The Labute approximate surface area is 114 Å². The third-order valence-corrected chi connectivity index (χ3v) is 2.87. The molecular formula is C14H20ClNO2. The normalized spacial score (nSPS) is 10.7. The number of benzene rings is 1. The van der Waals surface area contributed by atoms with Crippen LogP contribution in [-0.4, -0.2) is 37.6 Å². The third-order valence-electron chi connectivity index (χ3n) is 2.54. The summed E-state index contributed by atoms with van der Waals surface area (Å²) in [5.41, 5.74) is 0.552. The summed E-state index contributed by atoms with van der Waals surface area (Å²) >= 11 is 6.06. The van der Waals surface area contributed by atoms with Crippen molar-refractivity contribution in [1.29, 1.82) is 0 Å². The Morgan fingerprint density at radius 2 is 2.06 bits per heavy atom. The SMILES string of the molecule is COCCN(CC(C)C)C(=O)c1ccccc1Cl. The molecule has 0 radical (unpaired) electrons. The zero-order chi connectivity index (χ0) is 13.5. The van der Waals surface area contributed by atoms with Gasteiger partial charge in [-0.2, -0.15) is 0 Å². The van der Waals surface area contributed by atoms with Crippen molar-refractivity contribution >= 4 is 17.5 Å². The zero-order valence-corrected chi connectivity index (χ0v) is 11.9. The van der Waals surface area contributed by atoms with E-state index >= 15 is 0 Å². The Kier molecular flexibility index (Phi) is 6.16. The molecule has 18 heavy (non-hydrogen) atoms. The minimum atomic E-state index is -0.0358. The maximum Gasteiger partial charge on any atom is 0.255 e. The minimum Gasteiger partial charge on any atom is -0.383 e. The van der Waals surface area contributed by atoms with Gasteiger partial charge < -0.3 is 9.64 Å². The van der Waals surface area contributed by atoms with Gasteiger partial charge >= 0.3 is 0 Å². The Morgan fingerprint density at radius 3 is 2.61 bits per heavy atom. The Hall–Kier alpha value is -1.06. The molecule has 0 bridgehead atoms. The second-order valence-electron chi connectivity index (χ2n) is 4.62. The molecule has 0 heterocycles. The molecule has 0 aliphatic heterocycles. The maximum absolute atomic E-state index is 12.4. The lowest BCUT2D eigenvalue weighted by Crippen LogP contribution is -2.36. The van der Waals surface area contributed by atoms with Crippen LogP contribution in [0.1, 0.15) is 24.2 Å². The molecule has 3 nitrogen and oxygen atoms in total. The first-order valence-corrected chi connectivity index (χ1v) is 6.46. The first-order valence-electron chi connectivity index (χ1n) is 6.09. The van der Waals surface area contributed by atoms with Gasteiger partial charge in [0.2, 0.25) is 0 Å². The van der Waals surface area contributed by atoms with Crippen molar-refractivity contribution in [3.63, 3.8) is 0 Å². The number of methoxy groups -OCH3 is 1. The van der Waals surface area contributed by atoms with E-state index in [1.165, 1.54) is 0 Å². The molecular weight excluding hydrogens is 250 g/mol. The summed E-state index contributed by atoms with van der Waals surface area (Å²) in [6.07, 6.45) is 0. The Morgan fingerprint density at radius 1 is 1.39 bits per heavy atom. The molecule has 100 valence electrons. The van der Waals surface area contributed by atoms with E-state index in [0.29, 0.717) is 36.2 Å². The quantitative estimate of drug-likeness (QED) is 0.794. The second-order valence-corrected chi connectivity index (χ2v) is 5.02. The lowest BCUT2D eigenvalue weighted by atomic mass is 10.1. The largest absolute Gasteiger partial charge is 0.383 e. The fourth-order valence-corrected chi connectivity index (χ4v) is 1.94. The van der Waals surface area contributed by atoms with Crippen LogP contribution in [0.5, 0.6) is 0 Å². The first-order chi connectivity index (χ1) is 8.56. The summed E-state index contributed by atoms with van der Waals surface area (Å²) in [6.45, 7) is 5.98. The van der Waals surface area contributed by atoms with Gasteiger partial charge in [0.25, 0.3) is 5.91 Å². The van der Waals surface area contributed by atoms with E-state index in [2.05, 4.69) is 13.8 Å². The molecule has 1 rings (SSSR count). The average molecular weight is 270 g/mol. The maximum atomic E-state index is 12.4. The number of halogens is 1. The van der Waals surface area contributed by atoms with Crippen LogP contribution < -0.4 is 0 Å². The van der Waals surface area contributed by atoms with Crippen molar-refractivity contribution < 1.29 is 9.53 Å². The number of rotatable bonds is 6. The smallest absolute Gasteiger partial charge is 0.255 e. The molecule has 4 heteroatoms. The number of amides is 1. The van der Waals surface area contributed by atoms with E-state index in [0.717, 1.165) is 0 Å². The van der Waals surface area contributed by atoms with Crippen molar-refractivity contribution in [1.82, 2.24) is 4.90 Å². The molecule has 0 aliphatic rings. The molecule has 0 atom stereocenters. The molecule has 0 aliphatic carbocycles. The van der Waals surface area contributed by atoms with Crippen LogP contribution in [0.4, 0.5) is 0 Å². The van der Waals surface area contributed by atoms with Crippen molar-refractivity contribution in [2.45, 2.75) is 13.8 Å². The summed E-state index contributed by atoms with van der Waals surface area (Å²) < 4.78 is 5.04. The third kappa shape index (κ3) is 4.31. The van der Waals surface area contributed by atoms with Crippen LogP contribution in [0.3, 0.4) is 0 Å². The van der Waals surface area contributed by atoms with E-state index in [4.69, 9.17) is 16.3 Å². The van der Waals surface area contributed by atoms with Gasteiger partial charge in [-0.15, -0.1) is 0 Å². The van der Waals surface area contributed by atoms with Crippen molar-refractivity contribution in [3.8, 4) is 0 Å². The van der Waals surface area contributed by atoms with Gasteiger partial charge in [0.1, 0.15) is 0 Å². The highest BCUT2D eigenvalue weighted by Crippen LogP contribution is 2.17. The second kappa shape index (κ2) is 7.39. The summed E-state index contributed by atoms with van der Waals surface area (Å²) in [7, 11) is 1.63. The molecule has 0 aromatic heterocycles. The van der Waals surface area contributed by atoms with E-state index in [1.54, 1.807) is 24.1 Å². The van der Waals surface area contributed by atoms with E-state index in [-0.39, 0.29) is 5.91 Å². The summed E-state index contributed by atoms with van der Waals surface area (Å²) in [4.78, 5) is 14.2. The highest BCUT2D eigenvalue weighted by molar-refractivity contribution is 6.33. The minimum absolute atomic E-state index is 0.0358. The number of hydrogen-bond acceptors (Lipinski definition) is 2. The van der Waals surface area contributed by atoms with Gasteiger partial charge in [-0.1, -0.05) is 37.6 Å². The van der Waals surface area contributed by atoms with Gasteiger partial charge in [0.15, 0.2) is 0 Å². The summed E-state index contributed by atoms with van der Waals surface area (Å²) in [5, 5.41) is 0.494. The summed E-state index contributed by atoms with van der Waals surface area (Å²) in [6, 6.07) is 7.13. The molecule has 0 N–H and O–H groups in total. The molecule has 1 aromatic carbocycles.